The molecule has 2 atom stereocenters. The van der Waals surface area contributed by atoms with E-state index in [1.54, 1.807) is 0 Å². The van der Waals surface area contributed by atoms with Crippen molar-refractivity contribution in [3.63, 3.8) is 0 Å². The monoisotopic (exact) mass is 362 g/mol. The second kappa shape index (κ2) is 9.40. The fourth-order valence-electron chi connectivity index (χ4n) is 3.82. The summed E-state index contributed by atoms with van der Waals surface area (Å²) in [4.78, 5) is 0. The summed E-state index contributed by atoms with van der Waals surface area (Å²) in [5.41, 5.74) is 7.54. The molecule has 2 rings (SSSR count). The van der Waals surface area contributed by atoms with Crippen molar-refractivity contribution in [2.75, 3.05) is 0 Å². The molecule has 0 nitrogen and oxygen atoms in total. The van der Waals surface area contributed by atoms with Gasteiger partial charge in [-0.2, -0.15) is 0 Å². The molecule has 0 N–H and O–H groups in total. The highest BCUT2D eigenvalue weighted by Crippen LogP contribution is 2.30. The molecule has 2 aromatic carbocycles. The van der Waals surface area contributed by atoms with Crippen LogP contribution in [0, 0.1) is 12.8 Å². The van der Waals surface area contributed by atoms with E-state index in [9.17, 15) is 0 Å². The van der Waals surface area contributed by atoms with Crippen molar-refractivity contribution in [1.82, 2.24) is 0 Å². The second-order valence-corrected chi connectivity index (χ2v) is 9.20. The maximum Gasteiger partial charge on any atom is -0.0132 e. The van der Waals surface area contributed by atoms with E-state index in [2.05, 4.69) is 103 Å². The Kier molecular flexibility index (Phi) is 7.48. The first-order valence-corrected chi connectivity index (χ1v) is 10.5. The molecule has 0 aromatic heterocycles. The third-order valence-corrected chi connectivity index (χ3v) is 5.93. The quantitative estimate of drug-likeness (QED) is 0.438. The molecular weight excluding hydrogens is 324 g/mol. The molecule has 0 aliphatic rings. The standard InChI is InChI=1S/C27H38/c1-8-24(18-23-12-10-9-11-13-23)20(2)14-15-21(3)26-19-25(27(5,6)7)17-16-22(26)4/h9-14,16-17,19,21,24H,8,15,18H2,1-7H3. The molecule has 0 saturated heterocycles. The van der Waals surface area contributed by atoms with Crippen LogP contribution in [-0.4, -0.2) is 0 Å². The second-order valence-electron chi connectivity index (χ2n) is 9.20. The molecular formula is C27H38. The summed E-state index contributed by atoms with van der Waals surface area (Å²) in [7, 11) is 0. The van der Waals surface area contributed by atoms with Gasteiger partial charge in [-0.05, 0) is 72.6 Å². The molecule has 0 heterocycles. The van der Waals surface area contributed by atoms with Crippen LogP contribution in [0.2, 0.25) is 0 Å². The third-order valence-electron chi connectivity index (χ3n) is 5.93. The minimum Gasteiger partial charge on any atom is -0.0847 e. The zero-order valence-electron chi connectivity index (χ0n) is 18.5. The van der Waals surface area contributed by atoms with Gasteiger partial charge in [0.1, 0.15) is 0 Å². The first kappa shape index (κ1) is 21.5. The molecule has 0 spiro atoms. The largest absolute Gasteiger partial charge is 0.0847 e. The fourth-order valence-corrected chi connectivity index (χ4v) is 3.82. The van der Waals surface area contributed by atoms with Gasteiger partial charge in [-0.1, -0.05) is 94.8 Å². The SMILES string of the molecule is CCC(Cc1ccccc1)C(C)=CCC(C)c1cc(C(C)(C)C)ccc1C. The minimum atomic E-state index is 0.205. The summed E-state index contributed by atoms with van der Waals surface area (Å²) in [5, 5.41) is 0. The Morgan fingerprint density at radius 1 is 1.04 bits per heavy atom. The Morgan fingerprint density at radius 2 is 1.70 bits per heavy atom. The lowest BCUT2D eigenvalue weighted by atomic mass is 9.82. The average Bonchev–Trinajstić information content (AvgIpc) is 2.64. The summed E-state index contributed by atoms with van der Waals surface area (Å²) in [6.07, 6.45) is 5.95. The lowest BCUT2D eigenvalue weighted by Gasteiger charge is -2.23. The number of rotatable bonds is 7. The van der Waals surface area contributed by atoms with E-state index >= 15 is 0 Å². The zero-order chi connectivity index (χ0) is 20.0. The lowest BCUT2D eigenvalue weighted by molar-refractivity contribution is 0.581. The molecule has 0 saturated carbocycles. The van der Waals surface area contributed by atoms with E-state index in [1.165, 1.54) is 34.2 Å². The lowest BCUT2D eigenvalue weighted by Crippen LogP contribution is -2.12. The molecule has 146 valence electrons. The molecule has 0 heteroatoms. The molecule has 2 aromatic rings. The summed E-state index contributed by atoms with van der Waals surface area (Å²) in [6, 6.07) is 17.9. The normalized spacial score (nSPS) is 14.9. The predicted octanol–water partition coefficient (Wildman–Crippen LogP) is 8.00. The number of hydrogen-bond donors (Lipinski definition) is 0. The molecule has 2 unspecified atom stereocenters. The maximum atomic E-state index is 2.49. The zero-order valence-corrected chi connectivity index (χ0v) is 18.5. The summed E-state index contributed by atoms with van der Waals surface area (Å²) in [6.45, 7) is 16.1. The van der Waals surface area contributed by atoms with E-state index in [1.807, 2.05) is 0 Å². The van der Waals surface area contributed by atoms with E-state index in [0.29, 0.717) is 11.8 Å². The molecule has 0 aliphatic carbocycles. The van der Waals surface area contributed by atoms with Crippen LogP contribution in [0.1, 0.15) is 82.6 Å². The van der Waals surface area contributed by atoms with E-state index in [4.69, 9.17) is 0 Å². The smallest absolute Gasteiger partial charge is 0.0132 e. The molecule has 0 radical (unpaired) electrons. The fraction of sp³-hybridized carbons (Fsp3) is 0.481. The molecule has 0 fully saturated rings. The van der Waals surface area contributed by atoms with Crippen molar-refractivity contribution in [2.45, 2.75) is 79.1 Å². The average molecular weight is 363 g/mol. The van der Waals surface area contributed by atoms with Crippen LogP contribution in [0.3, 0.4) is 0 Å². The highest BCUT2D eigenvalue weighted by molar-refractivity contribution is 5.37. The van der Waals surface area contributed by atoms with Crippen molar-refractivity contribution in [3.8, 4) is 0 Å². The highest BCUT2D eigenvalue weighted by atomic mass is 14.2. The Morgan fingerprint density at radius 3 is 2.30 bits per heavy atom. The van der Waals surface area contributed by atoms with Crippen molar-refractivity contribution in [2.24, 2.45) is 5.92 Å². The van der Waals surface area contributed by atoms with E-state index < -0.39 is 0 Å². The summed E-state index contributed by atoms with van der Waals surface area (Å²) < 4.78 is 0. The van der Waals surface area contributed by atoms with Gasteiger partial charge in [0.2, 0.25) is 0 Å². The minimum absolute atomic E-state index is 0.205. The maximum absolute atomic E-state index is 2.49. The summed E-state index contributed by atoms with van der Waals surface area (Å²) >= 11 is 0. The Labute approximate surface area is 167 Å². The van der Waals surface area contributed by atoms with E-state index in [0.717, 1.165) is 12.8 Å². The van der Waals surface area contributed by atoms with Gasteiger partial charge in [-0.25, -0.2) is 0 Å². The van der Waals surface area contributed by atoms with Crippen LogP contribution in [-0.2, 0) is 11.8 Å². The van der Waals surface area contributed by atoms with Gasteiger partial charge < -0.3 is 0 Å². The van der Waals surface area contributed by atoms with Crippen molar-refractivity contribution >= 4 is 0 Å². The van der Waals surface area contributed by atoms with Crippen molar-refractivity contribution in [3.05, 3.63) is 82.4 Å². The van der Waals surface area contributed by atoms with Crippen LogP contribution >= 0.6 is 0 Å². The first-order valence-electron chi connectivity index (χ1n) is 10.5. The molecule has 27 heavy (non-hydrogen) atoms. The summed E-state index contributed by atoms with van der Waals surface area (Å²) in [5.74, 6) is 1.19. The first-order chi connectivity index (χ1) is 12.7. The van der Waals surface area contributed by atoms with Crippen molar-refractivity contribution < 1.29 is 0 Å². The van der Waals surface area contributed by atoms with Gasteiger partial charge in [0.15, 0.2) is 0 Å². The van der Waals surface area contributed by atoms with Gasteiger partial charge in [0.25, 0.3) is 0 Å². The van der Waals surface area contributed by atoms with Crippen LogP contribution in [0.5, 0.6) is 0 Å². The van der Waals surface area contributed by atoms with Gasteiger partial charge in [0.05, 0.1) is 0 Å². The van der Waals surface area contributed by atoms with Crippen LogP contribution < -0.4 is 0 Å². The van der Waals surface area contributed by atoms with E-state index in [-0.39, 0.29) is 5.41 Å². The Balaban J connectivity index is 2.11. The topological polar surface area (TPSA) is 0 Å². The Bertz CT molecular complexity index is 743. The number of benzene rings is 2. The van der Waals surface area contributed by atoms with Gasteiger partial charge in [-0.3, -0.25) is 0 Å². The third kappa shape index (κ3) is 6.09. The predicted molar refractivity (Wildman–Crippen MR) is 121 cm³/mol. The van der Waals surface area contributed by atoms with Gasteiger partial charge in [0, 0.05) is 0 Å². The number of allylic oxidation sites excluding steroid dienone is 2. The number of hydrogen-bond acceptors (Lipinski definition) is 0. The van der Waals surface area contributed by atoms with Crippen LogP contribution in [0.25, 0.3) is 0 Å². The highest BCUT2D eigenvalue weighted by Gasteiger charge is 2.17. The van der Waals surface area contributed by atoms with Crippen molar-refractivity contribution in [1.29, 1.82) is 0 Å². The van der Waals surface area contributed by atoms with Gasteiger partial charge in [-0.15, -0.1) is 0 Å². The van der Waals surface area contributed by atoms with Crippen LogP contribution in [0.15, 0.2) is 60.2 Å². The Hall–Kier alpha value is -1.82. The molecule has 0 aliphatic heterocycles. The van der Waals surface area contributed by atoms with Gasteiger partial charge >= 0.3 is 0 Å². The number of aryl methyl sites for hydroxylation is 1. The molecule has 0 bridgehead atoms. The molecule has 0 amide bonds. The van der Waals surface area contributed by atoms with Crippen LogP contribution in [0.4, 0.5) is 0 Å².